The largest absolute Gasteiger partial charge is 0.294 e. The summed E-state index contributed by atoms with van der Waals surface area (Å²) in [7, 11) is 0. The molecule has 0 radical (unpaired) electrons. The predicted octanol–water partition coefficient (Wildman–Crippen LogP) is 4.75. The number of thiophene rings is 1. The smallest absolute Gasteiger partial charge is 0.165 e. The Kier molecular flexibility index (Phi) is 3.31. The standard InChI is InChI=1S/C14H15NOS3/c1-14(2)6-8-10(9(16)7-14)13(17-3)19-11(8)12-15-4-5-18-12/h4-5H,6-7H2,1-3H3. The summed E-state index contributed by atoms with van der Waals surface area (Å²) in [5, 5.41) is 3.04. The number of nitrogens with zero attached hydrogens (tertiary/aromatic N) is 1. The van der Waals surface area contributed by atoms with Gasteiger partial charge in [0.05, 0.1) is 9.09 Å². The molecule has 100 valence electrons. The fraction of sp³-hybridized carbons (Fsp3) is 0.429. The average Bonchev–Trinajstić information content (AvgIpc) is 2.93. The third-order valence-electron chi connectivity index (χ3n) is 3.36. The Morgan fingerprint density at radius 3 is 2.79 bits per heavy atom. The summed E-state index contributed by atoms with van der Waals surface area (Å²) in [5.74, 6) is 0.301. The molecule has 2 heterocycles. The molecule has 0 aliphatic heterocycles. The van der Waals surface area contributed by atoms with Gasteiger partial charge >= 0.3 is 0 Å². The highest BCUT2D eigenvalue weighted by molar-refractivity contribution is 8.00. The molecule has 19 heavy (non-hydrogen) atoms. The summed E-state index contributed by atoms with van der Waals surface area (Å²) in [5.41, 5.74) is 2.26. The third-order valence-corrected chi connectivity index (χ3v) is 6.64. The summed E-state index contributed by atoms with van der Waals surface area (Å²) < 4.78 is 1.15. The van der Waals surface area contributed by atoms with Crippen molar-refractivity contribution in [2.75, 3.05) is 6.26 Å². The van der Waals surface area contributed by atoms with E-state index >= 15 is 0 Å². The van der Waals surface area contributed by atoms with E-state index in [4.69, 9.17) is 0 Å². The van der Waals surface area contributed by atoms with Crippen LogP contribution in [0.25, 0.3) is 9.88 Å². The van der Waals surface area contributed by atoms with Crippen molar-refractivity contribution in [2.24, 2.45) is 5.41 Å². The molecule has 0 saturated heterocycles. The van der Waals surface area contributed by atoms with Crippen molar-refractivity contribution >= 4 is 40.2 Å². The minimum atomic E-state index is 0.0623. The first-order valence-corrected chi connectivity index (χ1v) is 9.06. The number of carbonyl (C=O) groups is 1. The summed E-state index contributed by atoms with van der Waals surface area (Å²) in [6.45, 7) is 4.35. The normalized spacial score (nSPS) is 17.5. The summed E-state index contributed by atoms with van der Waals surface area (Å²) in [6.07, 6.45) is 5.51. The highest BCUT2D eigenvalue weighted by atomic mass is 32.2. The van der Waals surface area contributed by atoms with Gasteiger partial charge in [-0.15, -0.1) is 34.4 Å². The Morgan fingerprint density at radius 1 is 1.37 bits per heavy atom. The van der Waals surface area contributed by atoms with Crippen LogP contribution in [0.3, 0.4) is 0 Å². The molecule has 0 atom stereocenters. The first kappa shape index (κ1) is 13.3. The third kappa shape index (κ3) is 2.28. The lowest BCUT2D eigenvalue weighted by molar-refractivity contribution is 0.0910. The molecule has 0 bridgehead atoms. The zero-order chi connectivity index (χ0) is 13.6. The molecule has 0 N–H and O–H groups in total. The van der Waals surface area contributed by atoms with Crippen LogP contribution in [0.5, 0.6) is 0 Å². The minimum Gasteiger partial charge on any atom is -0.294 e. The molecule has 0 saturated carbocycles. The van der Waals surface area contributed by atoms with Crippen LogP contribution in [0.1, 0.15) is 36.2 Å². The number of ketones is 1. The van der Waals surface area contributed by atoms with Gasteiger partial charge in [0.25, 0.3) is 0 Å². The van der Waals surface area contributed by atoms with Gasteiger partial charge in [-0.3, -0.25) is 4.79 Å². The highest BCUT2D eigenvalue weighted by Gasteiger charge is 2.36. The van der Waals surface area contributed by atoms with Crippen LogP contribution in [-0.4, -0.2) is 17.0 Å². The molecule has 2 aromatic heterocycles. The van der Waals surface area contributed by atoms with Crippen molar-refractivity contribution in [1.82, 2.24) is 4.98 Å². The fourth-order valence-corrected chi connectivity index (χ4v) is 5.47. The van der Waals surface area contributed by atoms with Crippen LogP contribution in [0.2, 0.25) is 0 Å². The van der Waals surface area contributed by atoms with Crippen LogP contribution in [0, 0.1) is 5.41 Å². The molecule has 0 unspecified atom stereocenters. The lowest BCUT2D eigenvalue weighted by Gasteiger charge is -2.29. The van der Waals surface area contributed by atoms with Gasteiger partial charge in [-0.05, 0) is 23.7 Å². The first-order chi connectivity index (χ1) is 9.02. The molecule has 2 nitrogen and oxygen atoms in total. The molecule has 0 aromatic carbocycles. The summed E-state index contributed by atoms with van der Waals surface area (Å²) >= 11 is 5.06. The Balaban J connectivity index is 2.21. The molecule has 0 amide bonds. The number of aromatic nitrogens is 1. The van der Waals surface area contributed by atoms with Crippen LogP contribution < -0.4 is 0 Å². The van der Waals surface area contributed by atoms with Crippen molar-refractivity contribution in [1.29, 1.82) is 0 Å². The molecular formula is C14H15NOS3. The lowest BCUT2D eigenvalue weighted by Crippen LogP contribution is -2.26. The van der Waals surface area contributed by atoms with Crippen molar-refractivity contribution < 1.29 is 4.79 Å². The molecule has 3 rings (SSSR count). The van der Waals surface area contributed by atoms with Gasteiger partial charge in [0, 0.05) is 23.6 Å². The molecule has 2 aromatic rings. The molecule has 0 fully saturated rings. The second-order valence-electron chi connectivity index (χ2n) is 5.55. The molecule has 1 aliphatic rings. The van der Waals surface area contributed by atoms with E-state index in [2.05, 4.69) is 18.8 Å². The van der Waals surface area contributed by atoms with Crippen LogP contribution >= 0.6 is 34.4 Å². The lowest BCUT2D eigenvalue weighted by atomic mass is 9.74. The van der Waals surface area contributed by atoms with Gasteiger partial charge in [0.1, 0.15) is 5.01 Å². The van der Waals surface area contributed by atoms with Crippen molar-refractivity contribution in [2.45, 2.75) is 30.9 Å². The maximum absolute atomic E-state index is 12.4. The Hall–Kier alpha value is -0.650. The number of carbonyl (C=O) groups excluding carboxylic acids is 1. The van der Waals surface area contributed by atoms with Crippen molar-refractivity contribution in [3.63, 3.8) is 0 Å². The quantitative estimate of drug-likeness (QED) is 0.750. The average molecular weight is 309 g/mol. The van der Waals surface area contributed by atoms with Crippen molar-refractivity contribution in [3.8, 4) is 9.88 Å². The van der Waals surface area contributed by atoms with Crippen LogP contribution in [0.15, 0.2) is 15.8 Å². The van der Waals surface area contributed by atoms with Crippen LogP contribution in [-0.2, 0) is 6.42 Å². The van der Waals surface area contributed by atoms with Gasteiger partial charge in [0.15, 0.2) is 5.78 Å². The molecule has 5 heteroatoms. The second-order valence-corrected chi connectivity index (χ2v) is 8.54. The van der Waals surface area contributed by atoms with Gasteiger partial charge < -0.3 is 0 Å². The summed E-state index contributed by atoms with van der Waals surface area (Å²) in [4.78, 5) is 18.1. The Labute approximate surface area is 125 Å². The maximum atomic E-state index is 12.4. The summed E-state index contributed by atoms with van der Waals surface area (Å²) in [6, 6.07) is 0. The number of fused-ring (bicyclic) bond motifs is 1. The van der Waals surface area contributed by atoms with E-state index < -0.39 is 0 Å². The topological polar surface area (TPSA) is 30.0 Å². The fourth-order valence-electron chi connectivity index (χ4n) is 2.61. The zero-order valence-electron chi connectivity index (χ0n) is 11.1. The second kappa shape index (κ2) is 4.72. The Morgan fingerprint density at radius 2 is 2.16 bits per heavy atom. The van der Waals surface area contributed by atoms with Crippen LogP contribution in [0.4, 0.5) is 0 Å². The van der Waals surface area contributed by atoms with E-state index in [0.29, 0.717) is 12.2 Å². The van der Waals surface area contributed by atoms with E-state index in [1.165, 1.54) is 10.4 Å². The number of hydrogen-bond donors (Lipinski definition) is 0. The van der Waals surface area contributed by atoms with E-state index in [1.807, 2.05) is 17.8 Å². The van der Waals surface area contributed by atoms with E-state index in [9.17, 15) is 4.79 Å². The number of thioether (sulfide) groups is 1. The number of hydrogen-bond acceptors (Lipinski definition) is 5. The number of Topliss-reactive ketones (excluding diaryl/α,β-unsaturated/α-hetero) is 1. The number of rotatable bonds is 2. The predicted molar refractivity (Wildman–Crippen MR) is 83.6 cm³/mol. The highest BCUT2D eigenvalue weighted by Crippen LogP contribution is 2.48. The number of thiazole rings is 1. The van der Waals surface area contributed by atoms with Crippen molar-refractivity contribution in [3.05, 3.63) is 22.7 Å². The van der Waals surface area contributed by atoms with Gasteiger partial charge in [0.2, 0.25) is 0 Å². The molecular weight excluding hydrogens is 294 g/mol. The zero-order valence-corrected chi connectivity index (χ0v) is 13.6. The maximum Gasteiger partial charge on any atom is 0.165 e. The van der Waals surface area contributed by atoms with E-state index in [-0.39, 0.29) is 5.41 Å². The van der Waals surface area contributed by atoms with Gasteiger partial charge in [-0.25, -0.2) is 4.98 Å². The minimum absolute atomic E-state index is 0.0623. The first-order valence-electron chi connectivity index (χ1n) is 6.14. The van der Waals surface area contributed by atoms with E-state index in [0.717, 1.165) is 21.2 Å². The monoisotopic (exact) mass is 309 g/mol. The molecule has 0 spiro atoms. The molecule has 1 aliphatic carbocycles. The van der Waals surface area contributed by atoms with Gasteiger partial charge in [-0.1, -0.05) is 13.8 Å². The van der Waals surface area contributed by atoms with Gasteiger partial charge in [-0.2, -0.15) is 0 Å². The Bertz CT molecular complexity index is 625. The van der Waals surface area contributed by atoms with E-state index in [1.54, 1.807) is 34.4 Å². The SMILES string of the molecule is CSc1sc(-c2nccs2)c2c1C(=O)CC(C)(C)C2.